The second-order valence-electron chi connectivity index (χ2n) is 5.12. The maximum absolute atomic E-state index is 11.6. The number of unbranched alkanes of at least 4 members (excludes halogenated alkanes) is 2. The quantitative estimate of drug-likeness (QED) is 0.605. The fourth-order valence-electron chi connectivity index (χ4n) is 1.68. The molecule has 0 aliphatic carbocycles. The molecule has 0 bridgehead atoms. The third-order valence-corrected chi connectivity index (χ3v) is 2.97. The first-order chi connectivity index (χ1) is 8.97. The van der Waals surface area contributed by atoms with E-state index in [0.29, 0.717) is 19.5 Å². The lowest BCUT2D eigenvalue weighted by Crippen LogP contribution is -2.38. The largest absolute Gasteiger partial charge is 0.356 e. The fourth-order valence-corrected chi connectivity index (χ4v) is 1.68. The second kappa shape index (κ2) is 10.8. The summed E-state index contributed by atoms with van der Waals surface area (Å²) in [6, 6.07) is 0. The van der Waals surface area contributed by atoms with E-state index in [1.54, 1.807) is 11.8 Å². The van der Waals surface area contributed by atoms with Crippen molar-refractivity contribution in [2.75, 3.05) is 40.3 Å². The van der Waals surface area contributed by atoms with Crippen molar-refractivity contribution in [1.82, 2.24) is 15.1 Å². The second-order valence-corrected chi connectivity index (χ2v) is 5.12. The Balaban J connectivity index is 3.84. The molecule has 0 fully saturated rings. The van der Waals surface area contributed by atoms with Crippen molar-refractivity contribution in [3.8, 4) is 0 Å². The topological polar surface area (TPSA) is 52.7 Å². The third kappa shape index (κ3) is 10.5. The summed E-state index contributed by atoms with van der Waals surface area (Å²) in [5, 5.41) is 2.89. The highest BCUT2D eigenvalue weighted by atomic mass is 16.2. The Morgan fingerprint density at radius 1 is 1.05 bits per heavy atom. The summed E-state index contributed by atoms with van der Waals surface area (Å²) in [7, 11) is 3.94. The Morgan fingerprint density at radius 2 is 1.74 bits per heavy atom. The summed E-state index contributed by atoms with van der Waals surface area (Å²) in [5.74, 6) is 0.0628. The van der Waals surface area contributed by atoms with Gasteiger partial charge in [0.1, 0.15) is 0 Å². The van der Waals surface area contributed by atoms with E-state index in [2.05, 4.69) is 12.2 Å². The molecule has 0 aliphatic rings. The van der Waals surface area contributed by atoms with Crippen LogP contribution in [-0.2, 0) is 9.59 Å². The summed E-state index contributed by atoms with van der Waals surface area (Å²) in [6.07, 6.45) is 3.71. The summed E-state index contributed by atoms with van der Waals surface area (Å²) in [4.78, 5) is 26.8. The molecule has 5 nitrogen and oxygen atoms in total. The minimum Gasteiger partial charge on any atom is -0.356 e. The standard InChI is InChI=1S/C14H29N3O2/c1-5-6-7-9-15-14(19)8-10-17(13(2)18)12-11-16(3)4/h5-12H2,1-4H3,(H,15,19). The van der Waals surface area contributed by atoms with Gasteiger partial charge in [0.15, 0.2) is 0 Å². The highest BCUT2D eigenvalue weighted by Crippen LogP contribution is 1.95. The van der Waals surface area contributed by atoms with Gasteiger partial charge in [-0.05, 0) is 20.5 Å². The van der Waals surface area contributed by atoms with E-state index in [1.165, 1.54) is 0 Å². The minimum absolute atomic E-state index is 0.0284. The molecule has 0 rings (SSSR count). The van der Waals surface area contributed by atoms with Gasteiger partial charge in [-0.1, -0.05) is 19.8 Å². The summed E-state index contributed by atoms with van der Waals surface area (Å²) < 4.78 is 0. The average molecular weight is 271 g/mol. The third-order valence-electron chi connectivity index (χ3n) is 2.97. The molecule has 0 aromatic carbocycles. The molecule has 5 heteroatoms. The van der Waals surface area contributed by atoms with E-state index in [-0.39, 0.29) is 11.8 Å². The lowest BCUT2D eigenvalue weighted by Gasteiger charge is -2.22. The van der Waals surface area contributed by atoms with Crippen LogP contribution in [0.15, 0.2) is 0 Å². The van der Waals surface area contributed by atoms with Crippen LogP contribution < -0.4 is 5.32 Å². The Bertz CT molecular complexity index is 267. The van der Waals surface area contributed by atoms with Crippen LogP contribution in [0.2, 0.25) is 0 Å². The number of nitrogens with zero attached hydrogens (tertiary/aromatic N) is 2. The van der Waals surface area contributed by atoms with E-state index in [0.717, 1.165) is 32.4 Å². The molecular weight excluding hydrogens is 242 g/mol. The highest BCUT2D eigenvalue weighted by molar-refractivity contribution is 5.77. The number of hydrogen-bond acceptors (Lipinski definition) is 3. The van der Waals surface area contributed by atoms with Crippen LogP contribution in [0.3, 0.4) is 0 Å². The van der Waals surface area contributed by atoms with Crippen LogP contribution in [-0.4, -0.2) is 61.9 Å². The van der Waals surface area contributed by atoms with Gasteiger partial charge in [-0.25, -0.2) is 0 Å². The number of rotatable bonds is 10. The van der Waals surface area contributed by atoms with Gasteiger partial charge in [-0.3, -0.25) is 9.59 Å². The van der Waals surface area contributed by atoms with Crippen molar-refractivity contribution in [2.45, 2.75) is 39.5 Å². The molecule has 0 aromatic heterocycles. The van der Waals surface area contributed by atoms with Crippen LogP contribution in [0, 0.1) is 0 Å². The molecule has 0 spiro atoms. The van der Waals surface area contributed by atoms with E-state index >= 15 is 0 Å². The van der Waals surface area contributed by atoms with Crippen LogP contribution in [0.1, 0.15) is 39.5 Å². The number of carbonyl (C=O) groups excluding carboxylic acids is 2. The zero-order valence-corrected chi connectivity index (χ0v) is 12.9. The molecule has 1 N–H and O–H groups in total. The first-order valence-electron chi connectivity index (χ1n) is 7.14. The van der Waals surface area contributed by atoms with Gasteiger partial charge in [0.25, 0.3) is 0 Å². The lowest BCUT2D eigenvalue weighted by atomic mass is 10.2. The zero-order chi connectivity index (χ0) is 14.7. The molecule has 0 aromatic rings. The Morgan fingerprint density at radius 3 is 2.26 bits per heavy atom. The molecular formula is C14H29N3O2. The Hall–Kier alpha value is -1.10. The first kappa shape index (κ1) is 17.9. The predicted molar refractivity (Wildman–Crippen MR) is 78.0 cm³/mol. The summed E-state index contributed by atoms with van der Waals surface area (Å²) >= 11 is 0. The maximum Gasteiger partial charge on any atom is 0.221 e. The Labute approximate surface area is 117 Å². The smallest absolute Gasteiger partial charge is 0.221 e. The van der Waals surface area contributed by atoms with Crippen LogP contribution in [0.4, 0.5) is 0 Å². The lowest BCUT2D eigenvalue weighted by molar-refractivity contribution is -0.129. The van der Waals surface area contributed by atoms with Crippen molar-refractivity contribution in [3.05, 3.63) is 0 Å². The molecule has 19 heavy (non-hydrogen) atoms. The molecule has 0 saturated carbocycles. The number of likely N-dealkylation sites (N-methyl/N-ethyl adjacent to an activating group) is 1. The molecule has 0 saturated heterocycles. The van der Waals surface area contributed by atoms with Gasteiger partial charge >= 0.3 is 0 Å². The molecule has 0 unspecified atom stereocenters. The zero-order valence-electron chi connectivity index (χ0n) is 12.9. The van der Waals surface area contributed by atoms with Crippen molar-refractivity contribution in [2.24, 2.45) is 0 Å². The van der Waals surface area contributed by atoms with E-state index in [9.17, 15) is 9.59 Å². The minimum atomic E-state index is 0.0284. The van der Waals surface area contributed by atoms with Crippen LogP contribution in [0.25, 0.3) is 0 Å². The first-order valence-corrected chi connectivity index (χ1v) is 7.14. The number of amides is 2. The summed E-state index contributed by atoms with van der Waals surface area (Å²) in [5.41, 5.74) is 0. The normalized spacial score (nSPS) is 10.6. The summed E-state index contributed by atoms with van der Waals surface area (Å²) in [6.45, 7) is 6.42. The van der Waals surface area contributed by atoms with Gasteiger partial charge in [0, 0.05) is 39.5 Å². The van der Waals surface area contributed by atoms with Gasteiger partial charge in [-0.2, -0.15) is 0 Å². The SMILES string of the molecule is CCCCCNC(=O)CCN(CCN(C)C)C(C)=O. The van der Waals surface area contributed by atoms with E-state index < -0.39 is 0 Å². The number of nitrogens with one attached hydrogen (secondary N) is 1. The van der Waals surface area contributed by atoms with Crippen LogP contribution >= 0.6 is 0 Å². The van der Waals surface area contributed by atoms with Gasteiger partial charge in [-0.15, -0.1) is 0 Å². The number of carbonyl (C=O) groups is 2. The Kier molecular flexibility index (Phi) is 10.2. The molecule has 0 heterocycles. The van der Waals surface area contributed by atoms with Gasteiger partial charge in [0.05, 0.1) is 0 Å². The van der Waals surface area contributed by atoms with Crippen LogP contribution in [0.5, 0.6) is 0 Å². The average Bonchev–Trinajstić information content (AvgIpc) is 2.33. The van der Waals surface area contributed by atoms with Crippen molar-refractivity contribution >= 4 is 11.8 Å². The predicted octanol–water partition coefficient (Wildman–Crippen LogP) is 1.09. The van der Waals surface area contributed by atoms with Crippen molar-refractivity contribution < 1.29 is 9.59 Å². The molecule has 0 atom stereocenters. The van der Waals surface area contributed by atoms with Crippen molar-refractivity contribution in [1.29, 1.82) is 0 Å². The maximum atomic E-state index is 11.6. The molecule has 112 valence electrons. The van der Waals surface area contributed by atoms with Gasteiger partial charge in [0.2, 0.25) is 11.8 Å². The number of hydrogen-bond donors (Lipinski definition) is 1. The van der Waals surface area contributed by atoms with E-state index in [1.807, 2.05) is 19.0 Å². The highest BCUT2D eigenvalue weighted by Gasteiger charge is 2.10. The monoisotopic (exact) mass is 271 g/mol. The van der Waals surface area contributed by atoms with Crippen molar-refractivity contribution in [3.63, 3.8) is 0 Å². The molecule has 0 aliphatic heterocycles. The van der Waals surface area contributed by atoms with E-state index in [4.69, 9.17) is 0 Å². The van der Waals surface area contributed by atoms with Gasteiger partial charge < -0.3 is 15.1 Å². The molecule has 0 radical (unpaired) electrons. The molecule has 2 amide bonds. The fraction of sp³-hybridized carbons (Fsp3) is 0.857.